The molecule has 1 heterocycles. The zero-order valence-electron chi connectivity index (χ0n) is 22.3. The Morgan fingerprint density at radius 1 is 1.15 bits per heavy atom. The molecule has 3 aromatic rings. The van der Waals surface area contributed by atoms with Crippen molar-refractivity contribution in [3.8, 4) is 17.0 Å². The quantitative estimate of drug-likeness (QED) is 0.159. The molecule has 0 unspecified atom stereocenters. The number of aliphatic carboxylic acids is 1. The van der Waals surface area contributed by atoms with E-state index in [2.05, 4.69) is 35.8 Å². The van der Waals surface area contributed by atoms with Crippen LogP contribution in [0.25, 0.3) is 17.3 Å². The lowest BCUT2D eigenvalue weighted by atomic mass is 9.93. The van der Waals surface area contributed by atoms with Crippen molar-refractivity contribution < 1.29 is 37.7 Å². The third-order valence-electron chi connectivity index (χ3n) is 5.60. The third kappa shape index (κ3) is 7.84. The van der Waals surface area contributed by atoms with Crippen molar-refractivity contribution in [3.05, 3.63) is 69.8 Å². The molecule has 0 fully saturated rings. The normalized spacial score (nSPS) is 11.8. The van der Waals surface area contributed by atoms with Gasteiger partial charge in [0.25, 0.3) is 5.91 Å². The molecule has 11 heteroatoms. The molecular weight excluding hydrogens is 530 g/mol. The van der Waals surface area contributed by atoms with Gasteiger partial charge in [0.2, 0.25) is 5.76 Å². The van der Waals surface area contributed by atoms with Crippen molar-refractivity contribution in [2.45, 2.75) is 33.8 Å². The van der Waals surface area contributed by atoms with E-state index in [1.165, 1.54) is 0 Å². The second-order valence-corrected chi connectivity index (χ2v) is 10.6. The van der Waals surface area contributed by atoms with Crippen molar-refractivity contribution in [2.75, 3.05) is 26.1 Å². The van der Waals surface area contributed by atoms with Gasteiger partial charge in [0, 0.05) is 40.3 Å². The number of hydrogen-bond acceptors (Lipinski definition) is 7. The molecule has 2 N–H and O–H groups in total. The number of carboxylic acid groups (broad SMARTS) is 1. The van der Waals surface area contributed by atoms with Crippen LogP contribution >= 0.6 is 11.3 Å². The van der Waals surface area contributed by atoms with Crippen molar-refractivity contribution >= 4 is 34.4 Å². The number of halogens is 2. The van der Waals surface area contributed by atoms with E-state index in [0.717, 1.165) is 42.6 Å². The summed E-state index contributed by atoms with van der Waals surface area (Å²) in [7, 11) is 2.62. The summed E-state index contributed by atoms with van der Waals surface area (Å²) >= 11 is 1.13. The lowest BCUT2D eigenvalue weighted by Gasteiger charge is -2.18. The number of ether oxygens (including phenoxy) is 3. The lowest BCUT2D eigenvalue weighted by molar-refractivity contribution is -0.135. The number of hydrogen-bond donors (Lipinski definition) is 2. The second-order valence-electron chi connectivity index (χ2n) is 9.72. The number of amides is 1. The van der Waals surface area contributed by atoms with E-state index in [0.29, 0.717) is 36.3 Å². The Morgan fingerprint density at radius 3 is 2.44 bits per heavy atom. The van der Waals surface area contributed by atoms with Gasteiger partial charge in [-0.3, -0.25) is 10.1 Å². The van der Waals surface area contributed by atoms with Crippen LogP contribution < -0.4 is 10.1 Å². The minimum absolute atomic E-state index is 0.165. The molecule has 3 rings (SSSR count). The molecule has 0 saturated carbocycles. The summed E-state index contributed by atoms with van der Waals surface area (Å²) in [5.74, 6) is -4.59. The third-order valence-corrected chi connectivity index (χ3v) is 6.36. The number of anilines is 1. The van der Waals surface area contributed by atoms with Gasteiger partial charge in [-0.2, -0.15) is 0 Å². The molecule has 1 aromatic heterocycles. The van der Waals surface area contributed by atoms with Crippen LogP contribution in [0.3, 0.4) is 0 Å². The van der Waals surface area contributed by atoms with Gasteiger partial charge in [0.15, 0.2) is 5.13 Å². The molecule has 0 bridgehead atoms. The minimum atomic E-state index is -1.49. The highest BCUT2D eigenvalue weighted by Crippen LogP contribution is 2.35. The molecule has 39 heavy (non-hydrogen) atoms. The molecule has 0 aliphatic rings. The summed E-state index contributed by atoms with van der Waals surface area (Å²) in [5, 5.41) is 13.5. The van der Waals surface area contributed by atoms with Crippen LogP contribution in [0.4, 0.5) is 13.9 Å². The number of thiazole rings is 1. The number of carbonyl (C=O) groups is 2. The number of rotatable bonds is 11. The van der Waals surface area contributed by atoms with Gasteiger partial charge in [-0.05, 0) is 30.0 Å². The molecule has 0 radical (unpaired) electrons. The Morgan fingerprint density at radius 2 is 1.85 bits per heavy atom. The molecule has 0 aliphatic carbocycles. The van der Waals surface area contributed by atoms with Crippen LogP contribution in [0.5, 0.6) is 5.75 Å². The number of methoxy groups -OCH3 is 2. The fraction of sp³-hybridized carbons (Fsp3) is 0.321. The van der Waals surface area contributed by atoms with E-state index >= 15 is 0 Å². The van der Waals surface area contributed by atoms with E-state index in [1.54, 1.807) is 12.5 Å². The van der Waals surface area contributed by atoms with Gasteiger partial charge < -0.3 is 19.3 Å². The summed E-state index contributed by atoms with van der Waals surface area (Å²) in [6.07, 6.45) is 1.62. The number of aromatic nitrogens is 1. The van der Waals surface area contributed by atoms with Gasteiger partial charge in [0.05, 0.1) is 26.5 Å². The van der Waals surface area contributed by atoms with Crippen molar-refractivity contribution in [3.63, 3.8) is 0 Å². The number of nitrogens with zero attached hydrogens (tertiary/aromatic N) is 1. The molecule has 0 saturated heterocycles. The lowest BCUT2D eigenvalue weighted by Crippen LogP contribution is -2.13. The van der Waals surface area contributed by atoms with Gasteiger partial charge in [-0.25, -0.2) is 18.6 Å². The van der Waals surface area contributed by atoms with Crippen molar-refractivity contribution in [1.82, 2.24) is 4.98 Å². The van der Waals surface area contributed by atoms with Gasteiger partial charge in [0.1, 0.15) is 17.4 Å². The Balaban J connectivity index is 1.77. The van der Waals surface area contributed by atoms with E-state index < -0.39 is 34.8 Å². The molecular formula is C28H30F2N2O6S. The van der Waals surface area contributed by atoms with Gasteiger partial charge in [-0.1, -0.05) is 32.9 Å². The van der Waals surface area contributed by atoms with Crippen LogP contribution in [0.2, 0.25) is 0 Å². The zero-order chi connectivity index (χ0) is 28.7. The van der Waals surface area contributed by atoms with Crippen LogP contribution in [0, 0.1) is 17.0 Å². The molecule has 1 amide bonds. The monoisotopic (exact) mass is 560 g/mol. The van der Waals surface area contributed by atoms with Crippen molar-refractivity contribution in [1.29, 1.82) is 0 Å². The number of benzene rings is 2. The first-order valence-corrected chi connectivity index (χ1v) is 12.8. The maximum atomic E-state index is 14.5. The topological polar surface area (TPSA) is 107 Å². The smallest absolute Gasteiger partial charge is 0.371 e. The largest absolute Gasteiger partial charge is 0.496 e. The summed E-state index contributed by atoms with van der Waals surface area (Å²) in [6, 6.07) is 7.21. The Bertz CT molecular complexity index is 1360. The molecule has 2 aromatic carbocycles. The maximum absolute atomic E-state index is 14.5. The number of nitrogens with one attached hydrogen (secondary N) is 1. The summed E-state index contributed by atoms with van der Waals surface area (Å²) in [6.45, 7) is 7.41. The predicted octanol–water partition coefficient (Wildman–Crippen LogP) is 6.37. The summed E-state index contributed by atoms with van der Waals surface area (Å²) in [5.41, 5.74) is 1.31. The van der Waals surface area contributed by atoms with Crippen LogP contribution in [0.1, 0.15) is 48.7 Å². The standard InChI is InChI=1S/C28H30F2N2O6S/c1-28(2,3)9-10-38-14-16-7-6-8-18(24(16)37-5)22-15-39-27(31-22)32-25(33)17-11-20(29)19(21(30)12-17)13-23(36-4)26(34)35/h6-8,11-13,15H,9-10,14H2,1-5H3,(H,34,35)(H,31,32,33)/b23-13+. The first kappa shape index (κ1) is 29.7. The summed E-state index contributed by atoms with van der Waals surface area (Å²) < 4.78 is 45.2. The highest BCUT2D eigenvalue weighted by molar-refractivity contribution is 7.14. The Kier molecular flexibility index (Phi) is 9.76. The molecule has 208 valence electrons. The number of para-hydroxylation sites is 1. The predicted molar refractivity (Wildman–Crippen MR) is 145 cm³/mol. The SMILES string of the molecule is CO/C(=C/c1c(F)cc(C(=O)Nc2nc(-c3cccc(COCCC(C)(C)C)c3OC)cs2)cc1F)C(=O)O. The second kappa shape index (κ2) is 12.8. The van der Waals surface area contributed by atoms with Crippen molar-refractivity contribution in [2.24, 2.45) is 5.41 Å². The average molecular weight is 561 g/mol. The Labute approximate surface area is 229 Å². The fourth-order valence-corrected chi connectivity index (χ4v) is 4.22. The van der Waals surface area contributed by atoms with E-state index in [4.69, 9.17) is 14.6 Å². The highest BCUT2D eigenvalue weighted by atomic mass is 32.1. The van der Waals surface area contributed by atoms with Crippen LogP contribution in [0.15, 0.2) is 41.5 Å². The average Bonchev–Trinajstić information content (AvgIpc) is 3.33. The van der Waals surface area contributed by atoms with Crippen LogP contribution in [-0.2, 0) is 20.9 Å². The number of carboxylic acids is 1. The van der Waals surface area contributed by atoms with Gasteiger partial charge >= 0.3 is 5.97 Å². The molecule has 0 spiro atoms. The fourth-order valence-electron chi connectivity index (χ4n) is 3.52. The Hall–Kier alpha value is -3.83. The first-order chi connectivity index (χ1) is 18.4. The van der Waals surface area contributed by atoms with E-state index in [1.807, 2.05) is 18.2 Å². The van der Waals surface area contributed by atoms with E-state index in [9.17, 15) is 18.4 Å². The minimum Gasteiger partial charge on any atom is -0.496 e. The van der Waals surface area contributed by atoms with E-state index in [-0.39, 0.29) is 16.1 Å². The summed E-state index contributed by atoms with van der Waals surface area (Å²) in [4.78, 5) is 28.2. The molecule has 0 atom stereocenters. The van der Waals surface area contributed by atoms with Gasteiger partial charge in [-0.15, -0.1) is 11.3 Å². The highest BCUT2D eigenvalue weighted by Gasteiger charge is 2.19. The number of carbonyl (C=O) groups excluding carboxylic acids is 1. The zero-order valence-corrected chi connectivity index (χ0v) is 23.1. The molecule has 0 aliphatic heterocycles. The maximum Gasteiger partial charge on any atom is 0.371 e. The van der Waals surface area contributed by atoms with Crippen LogP contribution in [-0.4, -0.2) is 42.8 Å². The molecule has 8 nitrogen and oxygen atoms in total. The first-order valence-electron chi connectivity index (χ1n) is 11.9.